The van der Waals surface area contributed by atoms with E-state index in [1.807, 2.05) is 24.3 Å². The Hall–Kier alpha value is -1.59. The fourth-order valence-corrected chi connectivity index (χ4v) is 3.32. The topological polar surface area (TPSA) is 12.9 Å². The van der Waals surface area contributed by atoms with Gasteiger partial charge in [-0.1, -0.05) is 40.2 Å². The summed E-state index contributed by atoms with van der Waals surface area (Å²) in [6.45, 7) is 0. The first-order chi connectivity index (χ1) is 9.66. The van der Waals surface area contributed by atoms with Crippen LogP contribution in [-0.2, 0) is 0 Å². The second-order valence-corrected chi connectivity index (χ2v) is 5.83. The van der Waals surface area contributed by atoms with Gasteiger partial charge in [0, 0.05) is 21.0 Å². The van der Waals surface area contributed by atoms with E-state index in [2.05, 4.69) is 20.9 Å². The van der Waals surface area contributed by atoms with Gasteiger partial charge >= 0.3 is 0 Å². The van der Waals surface area contributed by atoms with Gasteiger partial charge in [-0.2, -0.15) is 0 Å². The lowest BCUT2D eigenvalue weighted by atomic mass is 10.1. The highest BCUT2D eigenvalue weighted by molar-refractivity contribution is 9.10. The second kappa shape index (κ2) is 5.42. The molecule has 1 nitrogen and oxygen atoms in total. The second-order valence-electron chi connectivity index (χ2n) is 4.12. The molecule has 0 fully saturated rings. The standard InChI is InChI=1S/C15H8BrF2NS/c16-11-6-2-1-4-9(11)15-19-13(8-20-15)10-5-3-7-12(17)14(10)18/h1-8H. The maximum atomic E-state index is 13.8. The van der Waals surface area contributed by atoms with Gasteiger partial charge in [0.05, 0.1) is 5.69 Å². The molecule has 0 radical (unpaired) electrons. The lowest BCUT2D eigenvalue weighted by molar-refractivity contribution is 0.511. The van der Waals surface area contributed by atoms with Crippen LogP contribution in [0.15, 0.2) is 52.3 Å². The van der Waals surface area contributed by atoms with Crippen molar-refractivity contribution in [1.29, 1.82) is 0 Å². The molecule has 5 heteroatoms. The zero-order valence-corrected chi connectivity index (χ0v) is 12.5. The van der Waals surface area contributed by atoms with Crippen LogP contribution in [-0.4, -0.2) is 4.98 Å². The molecule has 100 valence electrons. The van der Waals surface area contributed by atoms with Gasteiger partial charge < -0.3 is 0 Å². The van der Waals surface area contributed by atoms with Crippen LogP contribution in [0.25, 0.3) is 21.8 Å². The molecule has 0 unspecified atom stereocenters. The molecule has 1 aromatic heterocycles. The highest BCUT2D eigenvalue weighted by Crippen LogP contribution is 2.34. The van der Waals surface area contributed by atoms with E-state index in [0.717, 1.165) is 21.1 Å². The predicted molar refractivity (Wildman–Crippen MR) is 80.6 cm³/mol. The molecule has 0 N–H and O–H groups in total. The van der Waals surface area contributed by atoms with E-state index in [9.17, 15) is 8.78 Å². The normalized spacial score (nSPS) is 10.8. The van der Waals surface area contributed by atoms with E-state index in [0.29, 0.717) is 5.69 Å². The smallest absolute Gasteiger partial charge is 0.168 e. The molecule has 3 rings (SSSR count). The van der Waals surface area contributed by atoms with Crippen LogP contribution in [0.3, 0.4) is 0 Å². The third-order valence-corrected chi connectivity index (χ3v) is 4.40. The number of thiazole rings is 1. The summed E-state index contributed by atoms with van der Waals surface area (Å²) in [6, 6.07) is 11.8. The molecule has 0 bridgehead atoms. The molecule has 0 spiro atoms. The van der Waals surface area contributed by atoms with Gasteiger partial charge in [0.15, 0.2) is 11.6 Å². The van der Waals surface area contributed by atoms with Gasteiger partial charge in [-0.3, -0.25) is 0 Å². The van der Waals surface area contributed by atoms with E-state index < -0.39 is 11.6 Å². The molecule has 0 aliphatic heterocycles. The van der Waals surface area contributed by atoms with Gasteiger partial charge in [-0.05, 0) is 18.2 Å². The lowest BCUT2D eigenvalue weighted by Gasteiger charge is -2.01. The predicted octanol–water partition coefficient (Wildman–Crippen LogP) is 5.52. The Labute approximate surface area is 127 Å². The number of hydrogen-bond acceptors (Lipinski definition) is 2. The monoisotopic (exact) mass is 351 g/mol. The first-order valence-electron chi connectivity index (χ1n) is 5.81. The fraction of sp³-hybridized carbons (Fsp3) is 0. The zero-order chi connectivity index (χ0) is 14.1. The molecule has 0 saturated heterocycles. The highest BCUT2D eigenvalue weighted by Gasteiger charge is 2.14. The molecule has 3 aromatic rings. The summed E-state index contributed by atoms with van der Waals surface area (Å²) < 4.78 is 27.9. The molecule has 0 atom stereocenters. The molecule has 2 aromatic carbocycles. The molecular weight excluding hydrogens is 344 g/mol. The Morgan fingerprint density at radius 2 is 1.70 bits per heavy atom. The van der Waals surface area contributed by atoms with E-state index >= 15 is 0 Å². The number of nitrogens with zero attached hydrogens (tertiary/aromatic N) is 1. The third-order valence-electron chi connectivity index (χ3n) is 2.84. The van der Waals surface area contributed by atoms with Crippen molar-refractivity contribution in [2.24, 2.45) is 0 Å². The maximum absolute atomic E-state index is 13.8. The Kier molecular flexibility index (Phi) is 3.63. The molecule has 0 amide bonds. The molecule has 1 heterocycles. The van der Waals surface area contributed by atoms with Crippen molar-refractivity contribution in [2.75, 3.05) is 0 Å². The quantitative estimate of drug-likeness (QED) is 0.592. The summed E-state index contributed by atoms with van der Waals surface area (Å²) in [5.41, 5.74) is 1.55. The number of aromatic nitrogens is 1. The van der Waals surface area contributed by atoms with Crippen LogP contribution >= 0.6 is 27.3 Å². The minimum absolute atomic E-state index is 0.180. The number of halogens is 3. The van der Waals surface area contributed by atoms with Crippen molar-refractivity contribution in [2.45, 2.75) is 0 Å². The summed E-state index contributed by atoms with van der Waals surface area (Å²) in [5, 5.41) is 2.49. The van der Waals surface area contributed by atoms with E-state index in [-0.39, 0.29) is 5.56 Å². The first-order valence-corrected chi connectivity index (χ1v) is 7.49. The van der Waals surface area contributed by atoms with Crippen LogP contribution < -0.4 is 0 Å². The number of hydrogen-bond donors (Lipinski definition) is 0. The van der Waals surface area contributed by atoms with E-state index in [4.69, 9.17) is 0 Å². The molecule has 20 heavy (non-hydrogen) atoms. The van der Waals surface area contributed by atoms with Crippen molar-refractivity contribution in [3.8, 4) is 21.8 Å². The van der Waals surface area contributed by atoms with Crippen LogP contribution in [0.2, 0.25) is 0 Å². The summed E-state index contributed by atoms with van der Waals surface area (Å²) >= 11 is 4.85. The Bertz CT molecular complexity index is 770. The van der Waals surface area contributed by atoms with Crippen LogP contribution in [0, 0.1) is 11.6 Å². The molecule has 0 aliphatic rings. The maximum Gasteiger partial charge on any atom is 0.168 e. The van der Waals surface area contributed by atoms with Gasteiger partial charge in [0.1, 0.15) is 5.01 Å². The summed E-state index contributed by atoms with van der Waals surface area (Å²) in [7, 11) is 0. The van der Waals surface area contributed by atoms with Crippen LogP contribution in [0.1, 0.15) is 0 Å². The number of rotatable bonds is 2. The van der Waals surface area contributed by atoms with Crippen molar-refractivity contribution in [1.82, 2.24) is 4.98 Å². The highest BCUT2D eigenvalue weighted by atomic mass is 79.9. The molecule has 0 saturated carbocycles. The van der Waals surface area contributed by atoms with Crippen molar-refractivity contribution in [3.63, 3.8) is 0 Å². The minimum Gasteiger partial charge on any atom is -0.236 e. The fourth-order valence-electron chi connectivity index (χ4n) is 1.86. The Morgan fingerprint density at radius 1 is 0.950 bits per heavy atom. The van der Waals surface area contributed by atoms with Crippen molar-refractivity contribution in [3.05, 3.63) is 64.0 Å². The van der Waals surface area contributed by atoms with Crippen molar-refractivity contribution >= 4 is 27.3 Å². The van der Waals surface area contributed by atoms with Gasteiger partial charge in [0.2, 0.25) is 0 Å². The largest absolute Gasteiger partial charge is 0.236 e. The lowest BCUT2D eigenvalue weighted by Crippen LogP contribution is -1.89. The van der Waals surface area contributed by atoms with Crippen LogP contribution in [0.4, 0.5) is 8.78 Å². The van der Waals surface area contributed by atoms with Gasteiger partial charge in [-0.15, -0.1) is 11.3 Å². The molecular formula is C15H8BrF2NS. The third kappa shape index (κ3) is 2.39. The average Bonchev–Trinajstić information content (AvgIpc) is 2.92. The summed E-state index contributed by atoms with van der Waals surface area (Å²) in [4.78, 5) is 4.40. The van der Waals surface area contributed by atoms with Crippen LogP contribution in [0.5, 0.6) is 0 Å². The number of benzene rings is 2. The summed E-state index contributed by atoms with van der Waals surface area (Å²) in [6.07, 6.45) is 0. The van der Waals surface area contributed by atoms with Gasteiger partial charge in [0.25, 0.3) is 0 Å². The van der Waals surface area contributed by atoms with E-state index in [1.54, 1.807) is 5.38 Å². The molecule has 0 aliphatic carbocycles. The average molecular weight is 352 g/mol. The zero-order valence-electron chi connectivity index (χ0n) is 10.1. The summed E-state index contributed by atoms with van der Waals surface area (Å²) in [5.74, 6) is -1.73. The Morgan fingerprint density at radius 3 is 2.50 bits per heavy atom. The van der Waals surface area contributed by atoms with Gasteiger partial charge in [-0.25, -0.2) is 13.8 Å². The van der Waals surface area contributed by atoms with E-state index in [1.165, 1.54) is 23.5 Å². The van der Waals surface area contributed by atoms with Crippen molar-refractivity contribution < 1.29 is 8.78 Å². The Balaban J connectivity index is 2.07. The SMILES string of the molecule is Fc1cccc(-c2csc(-c3ccccc3Br)n2)c1F. The minimum atomic E-state index is -0.864. The first kappa shape index (κ1) is 13.4.